The lowest BCUT2D eigenvalue weighted by Crippen LogP contribution is -2.36. The maximum absolute atomic E-state index is 12.9. The van der Waals surface area contributed by atoms with Crippen LogP contribution < -0.4 is 19.5 Å². The van der Waals surface area contributed by atoms with Crippen LogP contribution in [0.5, 0.6) is 17.2 Å². The van der Waals surface area contributed by atoms with Crippen LogP contribution in [-0.2, 0) is 16.2 Å². The molecular formula is C28H22ClN3O6S. The van der Waals surface area contributed by atoms with Crippen molar-refractivity contribution in [3.05, 3.63) is 87.3 Å². The molecule has 1 aliphatic rings. The molecule has 3 amide bonds. The molecule has 1 N–H and O–H groups in total. The Labute approximate surface area is 233 Å². The average molecular weight is 564 g/mol. The summed E-state index contributed by atoms with van der Waals surface area (Å²) in [5, 5.41) is 11.6. The SMILES string of the molecule is COc1ccc(NC(=O)CN2C(=O)S/C(=C\c3cc(Cl)c(OCc4ccccc4C#N)c(OC)c3)C2=O)cc1. The second kappa shape index (κ2) is 12.4. The highest BCUT2D eigenvalue weighted by Gasteiger charge is 2.36. The van der Waals surface area contributed by atoms with Gasteiger partial charge in [-0.05, 0) is 65.9 Å². The topological polar surface area (TPSA) is 118 Å². The van der Waals surface area contributed by atoms with Gasteiger partial charge in [-0.3, -0.25) is 19.3 Å². The summed E-state index contributed by atoms with van der Waals surface area (Å²) in [7, 11) is 2.98. The van der Waals surface area contributed by atoms with Crippen LogP contribution >= 0.6 is 23.4 Å². The van der Waals surface area contributed by atoms with E-state index in [4.69, 9.17) is 25.8 Å². The molecule has 9 nitrogen and oxygen atoms in total. The van der Waals surface area contributed by atoms with Crippen molar-refractivity contribution in [2.75, 3.05) is 26.1 Å². The van der Waals surface area contributed by atoms with Crippen molar-refractivity contribution in [1.82, 2.24) is 4.90 Å². The monoisotopic (exact) mass is 563 g/mol. The first-order valence-electron chi connectivity index (χ1n) is 11.5. The quantitative estimate of drug-likeness (QED) is 0.340. The number of nitriles is 1. The number of benzene rings is 3. The molecule has 0 aromatic heterocycles. The molecule has 1 saturated heterocycles. The zero-order chi connectivity index (χ0) is 27.9. The summed E-state index contributed by atoms with van der Waals surface area (Å²) in [4.78, 5) is 38.9. The van der Waals surface area contributed by atoms with Gasteiger partial charge in [-0.15, -0.1) is 0 Å². The summed E-state index contributed by atoms with van der Waals surface area (Å²) < 4.78 is 16.4. The second-order valence-electron chi connectivity index (χ2n) is 8.14. The van der Waals surface area contributed by atoms with Gasteiger partial charge < -0.3 is 19.5 Å². The summed E-state index contributed by atoms with van der Waals surface area (Å²) in [6, 6.07) is 19.0. The zero-order valence-corrected chi connectivity index (χ0v) is 22.5. The van der Waals surface area contributed by atoms with Gasteiger partial charge in [-0.25, -0.2) is 0 Å². The molecule has 0 atom stereocenters. The molecule has 0 aliphatic carbocycles. The Balaban J connectivity index is 1.46. The van der Waals surface area contributed by atoms with Crippen LogP contribution in [0.2, 0.25) is 5.02 Å². The first-order chi connectivity index (χ1) is 18.8. The lowest BCUT2D eigenvalue weighted by molar-refractivity contribution is -0.127. The van der Waals surface area contributed by atoms with Gasteiger partial charge >= 0.3 is 0 Å². The van der Waals surface area contributed by atoms with Crippen LogP contribution in [0, 0.1) is 11.3 Å². The second-order valence-corrected chi connectivity index (χ2v) is 9.54. The van der Waals surface area contributed by atoms with E-state index < -0.39 is 23.6 Å². The highest BCUT2D eigenvalue weighted by molar-refractivity contribution is 8.18. The molecule has 0 unspecified atom stereocenters. The maximum atomic E-state index is 12.9. The number of thioether (sulfide) groups is 1. The van der Waals surface area contributed by atoms with Crippen molar-refractivity contribution in [2.45, 2.75) is 6.61 Å². The lowest BCUT2D eigenvalue weighted by Gasteiger charge is -2.14. The largest absolute Gasteiger partial charge is 0.497 e. The fourth-order valence-corrected chi connectivity index (χ4v) is 4.79. The van der Waals surface area contributed by atoms with E-state index in [2.05, 4.69) is 11.4 Å². The number of rotatable bonds is 9. The van der Waals surface area contributed by atoms with E-state index in [-0.39, 0.29) is 22.3 Å². The summed E-state index contributed by atoms with van der Waals surface area (Å²) in [5.74, 6) is 0.0877. The van der Waals surface area contributed by atoms with Gasteiger partial charge in [-0.2, -0.15) is 5.26 Å². The molecular weight excluding hydrogens is 542 g/mol. The van der Waals surface area contributed by atoms with Crippen LogP contribution in [0.25, 0.3) is 6.08 Å². The van der Waals surface area contributed by atoms with Crippen molar-refractivity contribution in [3.63, 3.8) is 0 Å². The molecule has 39 heavy (non-hydrogen) atoms. The number of carbonyl (C=O) groups is 3. The number of nitrogens with zero attached hydrogens (tertiary/aromatic N) is 2. The predicted molar refractivity (Wildman–Crippen MR) is 148 cm³/mol. The molecule has 0 spiro atoms. The van der Waals surface area contributed by atoms with Crippen LogP contribution in [0.4, 0.5) is 10.5 Å². The van der Waals surface area contributed by atoms with E-state index in [1.54, 1.807) is 60.7 Å². The zero-order valence-electron chi connectivity index (χ0n) is 20.9. The molecule has 198 valence electrons. The van der Waals surface area contributed by atoms with Crippen LogP contribution in [0.1, 0.15) is 16.7 Å². The van der Waals surface area contributed by atoms with Crippen LogP contribution in [-0.4, -0.2) is 42.7 Å². The molecule has 3 aromatic rings. The van der Waals surface area contributed by atoms with Gasteiger partial charge in [0.1, 0.15) is 18.9 Å². The number of methoxy groups -OCH3 is 2. The van der Waals surface area contributed by atoms with Gasteiger partial charge in [0.2, 0.25) is 5.91 Å². The average Bonchev–Trinajstić information content (AvgIpc) is 3.19. The summed E-state index contributed by atoms with van der Waals surface area (Å²) >= 11 is 7.19. The Hall–Kier alpha value is -4.46. The van der Waals surface area contributed by atoms with Gasteiger partial charge in [-0.1, -0.05) is 29.8 Å². The third-order valence-electron chi connectivity index (χ3n) is 5.61. The van der Waals surface area contributed by atoms with Gasteiger partial charge in [0, 0.05) is 11.3 Å². The van der Waals surface area contributed by atoms with E-state index in [9.17, 15) is 19.6 Å². The minimum Gasteiger partial charge on any atom is -0.497 e. The standard InChI is InChI=1S/C28H22ClN3O6S/c1-36-21-9-7-20(8-10-21)31-25(33)15-32-27(34)24(39-28(32)35)13-17-11-22(29)26(23(12-17)37-2)38-16-19-6-4-3-5-18(19)14-30/h3-13H,15-16H2,1-2H3,(H,31,33)/b24-13-. The number of hydrogen-bond acceptors (Lipinski definition) is 8. The van der Waals surface area contributed by atoms with E-state index in [0.717, 1.165) is 16.7 Å². The van der Waals surface area contributed by atoms with Crippen molar-refractivity contribution < 1.29 is 28.6 Å². The number of nitrogens with one attached hydrogen (secondary N) is 1. The Morgan fingerprint density at radius 1 is 1.10 bits per heavy atom. The van der Waals surface area contributed by atoms with Crippen LogP contribution in [0.3, 0.4) is 0 Å². The van der Waals surface area contributed by atoms with E-state index in [0.29, 0.717) is 33.9 Å². The molecule has 0 bridgehead atoms. The number of halogens is 1. The molecule has 0 radical (unpaired) electrons. The summed E-state index contributed by atoms with van der Waals surface area (Å²) in [6.45, 7) is -0.342. The first-order valence-corrected chi connectivity index (χ1v) is 12.7. The predicted octanol–water partition coefficient (Wildman–Crippen LogP) is 5.48. The number of imide groups is 1. The molecule has 1 heterocycles. The van der Waals surface area contributed by atoms with Gasteiger partial charge in [0.05, 0.1) is 35.8 Å². The molecule has 1 fully saturated rings. The fraction of sp³-hybridized carbons (Fsp3) is 0.143. The Morgan fingerprint density at radius 2 is 1.85 bits per heavy atom. The minimum atomic E-state index is -0.599. The fourth-order valence-electron chi connectivity index (χ4n) is 3.67. The first kappa shape index (κ1) is 27.6. The van der Waals surface area contributed by atoms with Gasteiger partial charge in [0.15, 0.2) is 11.5 Å². The number of anilines is 1. The Bertz CT molecular complexity index is 1500. The Morgan fingerprint density at radius 3 is 2.54 bits per heavy atom. The molecule has 11 heteroatoms. The summed E-state index contributed by atoms with van der Waals surface area (Å²) in [5.41, 5.74) is 2.17. The number of carbonyl (C=O) groups excluding carboxylic acids is 3. The highest BCUT2D eigenvalue weighted by Crippen LogP contribution is 2.39. The molecule has 4 rings (SSSR count). The Kier molecular flexibility index (Phi) is 8.76. The normalized spacial score (nSPS) is 13.8. The molecule has 1 aliphatic heterocycles. The lowest BCUT2D eigenvalue weighted by atomic mass is 10.1. The van der Waals surface area contributed by atoms with E-state index in [1.165, 1.54) is 20.3 Å². The van der Waals surface area contributed by atoms with Crippen LogP contribution in [0.15, 0.2) is 65.6 Å². The smallest absolute Gasteiger partial charge is 0.294 e. The highest BCUT2D eigenvalue weighted by atomic mass is 35.5. The third-order valence-corrected chi connectivity index (χ3v) is 6.80. The van der Waals surface area contributed by atoms with E-state index in [1.807, 2.05) is 0 Å². The number of amides is 3. The van der Waals surface area contributed by atoms with Crippen molar-refractivity contribution in [3.8, 4) is 23.3 Å². The number of ether oxygens (including phenoxy) is 3. The van der Waals surface area contributed by atoms with Gasteiger partial charge in [0.25, 0.3) is 11.1 Å². The minimum absolute atomic E-state index is 0.0939. The van der Waals surface area contributed by atoms with Crippen molar-refractivity contribution in [2.24, 2.45) is 0 Å². The molecule has 0 saturated carbocycles. The van der Waals surface area contributed by atoms with Crippen molar-refractivity contribution in [1.29, 1.82) is 5.26 Å². The third kappa shape index (κ3) is 6.52. The summed E-state index contributed by atoms with van der Waals surface area (Å²) in [6.07, 6.45) is 1.50. The van der Waals surface area contributed by atoms with E-state index >= 15 is 0 Å². The van der Waals surface area contributed by atoms with Crippen molar-refractivity contribution >= 4 is 52.2 Å². The maximum Gasteiger partial charge on any atom is 0.294 e. The number of hydrogen-bond donors (Lipinski definition) is 1. The molecule has 3 aromatic carbocycles.